The third-order valence-electron chi connectivity index (χ3n) is 4.53. The van der Waals surface area contributed by atoms with Crippen LogP contribution in [0.5, 0.6) is 5.75 Å². The van der Waals surface area contributed by atoms with Crippen molar-refractivity contribution in [1.29, 1.82) is 0 Å². The van der Waals surface area contributed by atoms with Crippen molar-refractivity contribution in [3.05, 3.63) is 53.9 Å². The first-order valence-electron chi connectivity index (χ1n) is 9.45. The van der Waals surface area contributed by atoms with Crippen LogP contribution in [0, 0.1) is 0 Å². The van der Waals surface area contributed by atoms with Crippen LogP contribution in [-0.4, -0.2) is 65.9 Å². The van der Waals surface area contributed by atoms with Crippen LogP contribution in [0.25, 0.3) is 0 Å². The quantitative estimate of drug-likeness (QED) is 0.860. The molecular formula is C21H26N4O3. The van der Waals surface area contributed by atoms with Gasteiger partial charge < -0.3 is 19.9 Å². The average molecular weight is 382 g/mol. The molecule has 1 aromatic heterocycles. The number of pyridine rings is 1. The molecule has 0 aliphatic carbocycles. The van der Waals surface area contributed by atoms with E-state index in [-0.39, 0.29) is 23.6 Å². The molecule has 1 aromatic carbocycles. The number of ether oxygens (including phenoxy) is 1. The van der Waals surface area contributed by atoms with Gasteiger partial charge in [0.25, 0.3) is 11.8 Å². The third-order valence-corrected chi connectivity index (χ3v) is 4.53. The highest BCUT2D eigenvalue weighted by atomic mass is 16.5. The van der Waals surface area contributed by atoms with E-state index in [1.54, 1.807) is 23.1 Å². The fourth-order valence-electron chi connectivity index (χ4n) is 2.98. The van der Waals surface area contributed by atoms with E-state index in [1.807, 2.05) is 39.1 Å². The molecule has 0 radical (unpaired) electrons. The van der Waals surface area contributed by atoms with Crippen LogP contribution in [0.15, 0.2) is 42.6 Å². The molecule has 0 spiro atoms. The predicted molar refractivity (Wildman–Crippen MR) is 108 cm³/mol. The molecule has 7 heteroatoms. The summed E-state index contributed by atoms with van der Waals surface area (Å²) in [4.78, 5) is 33.6. The lowest BCUT2D eigenvalue weighted by Gasteiger charge is -2.32. The number of aromatic nitrogens is 1. The summed E-state index contributed by atoms with van der Waals surface area (Å²) in [5.41, 5.74) is 1.25. The number of nitrogens with zero attached hydrogens (tertiary/aromatic N) is 3. The minimum Gasteiger partial charge on any atom is -0.489 e. The molecule has 1 aliphatic heterocycles. The maximum atomic E-state index is 12.7. The summed E-state index contributed by atoms with van der Waals surface area (Å²) < 4.78 is 5.74. The van der Waals surface area contributed by atoms with Crippen molar-refractivity contribution in [1.82, 2.24) is 14.8 Å². The number of anilines is 1. The Hall–Kier alpha value is -2.93. The molecule has 28 heavy (non-hydrogen) atoms. The van der Waals surface area contributed by atoms with E-state index in [9.17, 15) is 9.59 Å². The standard InChI is InChI=1S/C21H26N4O3/c1-15(2)28-19-7-5-4-6-17(19)23-20(26)16-8-9-22-18(14-16)21(27)25-12-10-24(3)11-13-25/h4-9,14-15H,10-13H2,1-3H3,(H,23,26). The van der Waals surface area contributed by atoms with Crippen LogP contribution >= 0.6 is 0 Å². The van der Waals surface area contributed by atoms with Crippen molar-refractivity contribution in [3.63, 3.8) is 0 Å². The van der Waals surface area contributed by atoms with Crippen LogP contribution in [-0.2, 0) is 0 Å². The Morgan fingerprint density at radius 2 is 1.82 bits per heavy atom. The summed E-state index contributed by atoms with van der Waals surface area (Å²) in [6, 6.07) is 10.4. The van der Waals surface area contributed by atoms with Crippen LogP contribution in [0.4, 0.5) is 5.69 Å². The van der Waals surface area contributed by atoms with Gasteiger partial charge in [0, 0.05) is 37.9 Å². The highest BCUT2D eigenvalue weighted by Crippen LogP contribution is 2.25. The smallest absolute Gasteiger partial charge is 0.272 e. The van der Waals surface area contributed by atoms with Crippen molar-refractivity contribution in [2.45, 2.75) is 20.0 Å². The number of hydrogen-bond donors (Lipinski definition) is 1. The zero-order valence-corrected chi connectivity index (χ0v) is 16.5. The molecule has 2 heterocycles. The summed E-state index contributed by atoms with van der Waals surface area (Å²) in [5.74, 6) is 0.148. The second kappa shape index (κ2) is 8.84. The number of nitrogens with one attached hydrogen (secondary N) is 1. The van der Waals surface area contributed by atoms with Gasteiger partial charge in [-0.1, -0.05) is 12.1 Å². The van der Waals surface area contributed by atoms with E-state index >= 15 is 0 Å². The van der Waals surface area contributed by atoms with Crippen LogP contribution < -0.4 is 10.1 Å². The van der Waals surface area contributed by atoms with Crippen molar-refractivity contribution < 1.29 is 14.3 Å². The second-order valence-corrected chi connectivity index (χ2v) is 7.14. The van der Waals surface area contributed by atoms with E-state index in [0.29, 0.717) is 30.1 Å². The van der Waals surface area contributed by atoms with Gasteiger partial charge in [-0.15, -0.1) is 0 Å². The first-order chi connectivity index (χ1) is 13.4. The Morgan fingerprint density at radius 3 is 2.54 bits per heavy atom. The van der Waals surface area contributed by atoms with E-state index in [4.69, 9.17) is 4.74 Å². The monoisotopic (exact) mass is 382 g/mol. The molecule has 1 fully saturated rings. The van der Waals surface area contributed by atoms with Crippen molar-refractivity contribution >= 4 is 17.5 Å². The Bertz CT molecular complexity index is 845. The Balaban J connectivity index is 1.73. The van der Waals surface area contributed by atoms with E-state index in [1.165, 1.54) is 6.20 Å². The van der Waals surface area contributed by atoms with Gasteiger partial charge in [-0.3, -0.25) is 14.6 Å². The first kappa shape index (κ1) is 19.8. The summed E-state index contributed by atoms with van der Waals surface area (Å²) in [5, 5.41) is 2.86. The maximum Gasteiger partial charge on any atom is 0.272 e. The summed E-state index contributed by atoms with van der Waals surface area (Å²) >= 11 is 0. The van der Waals surface area contributed by atoms with Crippen LogP contribution in [0.1, 0.15) is 34.7 Å². The number of carbonyl (C=O) groups is 2. The van der Waals surface area contributed by atoms with Gasteiger partial charge in [0.05, 0.1) is 11.8 Å². The van der Waals surface area contributed by atoms with Gasteiger partial charge in [-0.2, -0.15) is 0 Å². The highest BCUT2D eigenvalue weighted by Gasteiger charge is 2.22. The average Bonchev–Trinajstić information content (AvgIpc) is 2.69. The number of para-hydroxylation sites is 2. The Morgan fingerprint density at radius 1 is 1.11 bits per heavy atom. The number of piperazine rings is 1. The largest absolute Gasteiger partial charge is 0.489 e. The van der Waals surface area contributed by atoms with Gasteiger partial charge >= 0.3 is 0 Å². The molecule has 1 saturated heterocycles. The van der Waals surface area contributed by atoms with Crippen LogP contribution in [0.3, 0.4) is 0 Å². The summed E-state index contributed by atoms with van der Waals surface area (Å²) in [6.07, 6.45) is 1.49. The molecule has 0 bridgehead atoms. The van der Waals surface area contributed by atoms with Crippen molar-refractivity contribution in [2.24, 2.45) is 0 Å². The van der Waals surface area contributed by atoms with Crippen LogP contribution in [0.2, 0.25) is 0 Å². The number of amides is 2. The lowest BCUT2D eigenvalue weighted by Crippen LogP contribution is -2.47. The van der Waals surface area contributed by atoms with Gasteiger partial charge in [-0.25, -0.2) is 0 Å². The van der Waals surface area contributed by atoms with Crippen molar-refractivity contribution in [3.8, 4) is 5.75 Å². The SMILES string of the molecule is CC(C)Oc1ccccc1NC(=O)c1ccnc(C(=O)N2CCN(C)CC2)c1. The molecule has 148 valence electrons. The van der Waals surface area contributed by atoms with E-state index < -0.39 is 0 Å². The molecule has 3 rings (SSSR count). The molecule has 0 saturated carbocycles. The van der Waals surface area contributed by atoms with Gasteiger partial charge in [0.1, 0.15) is 11.4 Å². The zero-order valence-electron chi connectivity index (χ0n) is 16.5. The number of benzene rings is 1. The van der Waals surface area contributed by atoms with Gasteiger partial charge in [-0.05, 0) is 45.2 Å². The molecule has 7 nitrogen and oxygen atoms in total. The molecule has 0 unspecified atom stereocenters. The van der Waals surface area contributed by atoms with Crippen molar-refractivity contribution in [2.75, 3.05) is 38.5 Å². The molecule has 1 aliphatic rings. The fourth-order valence-corrected chi connectivity index (χ4v) is 2.98. The normalized spacial score (nSPS) is 14.8. The lowest BCUT2D eigenvalue weighted by atomic mass is 10.2. The number of likely N-dealkylation sites (N-methyl/N-ethyl adjacent to an activating group) is 1. The fraction of sp³-hybridized carbons (Fsp3) is 0.381. The highest BCUT2D eigenvalue weighted by molar-refractivity contribution is 6.06. The number of rotatable bonds is 5. The minimum atomic E-state index is -0.311. The molecule has 1 N–H and O–H groups in total. The summed E-state index contributed by atoms with van der Waals surface area (Å²) in [6.45, 7) is 6.84. The lowest BCUT2D eigenvalue weighted by molar-refractivity contribution is 0.0658. The second-order valence-electron chi connectivity index (χ2n) is 7.14. The zero-order chi connectivity index (χ0) is 20.1. The predicted octanol–water partition coefficient (Wildman–Crippen LogP) is 2.51. The topological polar surface area (TPSA) is 74.8 Å². The Kier molecular flexibility index (Phi) is 6.26. The molecular weight excluding hydrogens is 356 g/mol. The molecule has 0 atom stereocenters. The number of hydrogen-bond acceptors (Lipinski definition) is 5. The van der Waals surface area contributed by atoms with Gasteiger partial charge in [0.2, 0.25) is 0 Å². The maximum absolute atomic E-state index is 12.7. The molecule has 2 aromatic rings. The minimum absolute atomic E-state index is 0.00760. The Labute approximate surface area is 165 Å². The van der Waals surface area contributed by atoms with Gasteiger partial charge in [0.15, 0.2) is 0 Å². The first-order valence-corrected chi connectivity index (χ1v) is 9.45. The summed E-state index contributed by atoms with van der Waals surface area (Å²) in [7, 11) is 2.03. The van der Waals surface area contributed by atoms with E-state index in [0.717, 1.165) is 13.1 Å². The third kappa shape index (κ3) is 4.86. The molecule has 2 amide bonds. The van der Waals surface area contributed by atoms with E-state index in [2.05, 4.69) is 15.2 Å². The number of carbonyl (C=O) groups excluding carboxylic acids is 2.